The lowest BCUT2D eigenvalue weighted by atomic mass is 10.2. The fraction of sp³-hybridized carbons (Fsp3) is 0.421. The van der Waals surface area contributed by atoms with Crippen LogP contribution in [-0.4, -0.2) is 43.5 Å². The number of rotatable bonds is 5. The van der Waals surface area contributed by atoms with Crippen molar-refractivity contribution >= 4 is 33.2 Å². The zero-order valence-electron chi connectivity index (χ0n) is 14.1. The minimum atomic E-state index is -0.239. The summed E-state index contributed by atoms with van der Waals surface area (Å²) in [6.45, 7) is 5.58. The summed E-state index contributed by atoms with van der Waals surface area (Å²) >= 11 is 3.22. The Morgan fingerprint density at radius 2 is 1.96 bits per heavy atom. The molecule has 1 aromatic heterocycles. The van der Waals surface area contributed by atoms with Crippen LogP contribution in [0.2, 0.25) is 0 Å². The molecule has 2 fully saturated rings. The van der Waals surface area contributed by atoms with Crippen LogP contribution in [0.3, 0.4) is 0 Å². The fourth-order valence-corrected chi connectivity index (χ4v) is 3.57. The standard InChI is InChI=1S/C19H22BrN3O2/c20-18-7-6-17(25-18)19(24)21-15-2-1-3-16(12-15)23-10-8-22(9-11-23)13-14-4-5-14/h1-3,6-7,12,14H,4-5,8-11,13H2,(H,21,24). The second kappa shape index (κ2) is 7.22. The van der Waals surface area contributed by atoms with E-state index in [1.807, 2.05) is 18.2 Å². The number of carbonyl (C=O) groups is 1. The highest BCUT2D eigenvalue weighted by Gasteiger charge is 2.26. The van der Waals surface area contributed by atoms with Crippen LogP contribution >= 0.6 is 15.9 Å². The van der Waals surface area contributed by atoms with Gasteiger partial charge < -0.3 is 14.6 Å². The van der Waals surface area contributed by atoms with Crippen LogP contribution in [-0.2, 0) is 0 Å². The molecule has 25 heavy (non-hydrogen) atoms. The number of halogens is 1. The summed E-state index contributed by atoms with van der Waals surface area (Å²) in [5.41, 5.74) is 1.94. The Hall–Kier alpha value is -1.79. The van der Waals surface area contributed by atoms with Crippen LogP contribution in [0, 0.1) is 5.92 Å². The van der Waals surface area contributed by atoms with E-state index in [1.54, 1.807) is 12.1 Å². The van der Waals surface area contributed by atoms with Gasteiger partial charge in [0.2, 0.25) is 0 Å². The summed E-state index contributed by atoms with van der Waals surface area (Å²) in [6.07, 6.45) is 2.82. The molecule has 1 aliphatic heterocycles. The quantitative estimate of drug-likeness (QED) is 0.823. The van der Waals surface area contributed by atoms with Gasteiger partial charge in [-0.25, -0.2) is 0 Å². The predicted molar refractivity (Wildman–Crippen MR) is 102 cm³/mol. The normalized spacial score (nSPS) is 18.4. The van der Waals surface area contributed by atoms with Crippen molar-refractivity contribution in [3.8, 4) is 0 Å². The summed E-state index contributed by atoms with van der Waals surface area (Å²) in [6, 6.07) is 11.4. The molecule has 2 heterocycles. The van der Waals surface area contributed by atoms with Crippen LogP contribution in [0.5, 0.6) is 0 Å². The van der Waals surface area contributed by atoms with Gasteiger partial charge in [-0.05, 0) is 65.0 Å². The number of carbonyl (C=O) groups excluding carboxylic acids is 1. The van der Waals surface area contributed by atoms with Crippen LogP contribution in [0.1, 0.15) is 23.4 Å². The largest absolute Gasteiger partial charge is 0.444 e. The topological polar surface area (TPSA) is 48.7 Å². The zero-order chi connectivity index (χ0) is 17.2. The molecule has 1 amide bonds. The van der Waals surface area contributed by atoms with Crippen LogP contribution in [0.4, 0.5) is 11.4 Å². The van der Waals surface area contributed by atoms with Gasteiger partial charge in [0.05, 0.1) is 0 Å². The minimum absolute atomic E-state index is 0.239. The summed E-state index contributed by atoms with van der Waals surface area (Å²) in [7, 11) is 0. The van der Waals surface area contributed by atoms with Crippen molar-refractivity contribution in [1.82, 2.24) is 4.90 Å². The third-order valence-electron chi connectivity index (χ3n) is 4.85. The summed E-state index contributed by atoms with van der Waals surface area (Å²) in [5, 5.41) is 2.90. The van der Waals surface area contributed by atoms with Crippen molar-refractivity contribution in [2.75, 3.05) is 42.9 Å². The molecule has 1 saturated carbocycles. The van der Waals surface area contributed by atoms with E-state index in [2.05, 4.69) is 37.1 Å². The molecule has 0 spiro atoms. The number of benzene rings is 1. The fourth-order valence-electron chi connectivity index (χ4n) is 3.26. The molecule has 2 aliphatic rings. The van der Waals surface area contributed by atoms with Crippen molar-refractivity contribution in [1.29, 1.82) is 0 Å². The Morgan fingerprint density at radius 1 is 1.16 bits per heavy atom. The van der Waals surface area contributed by atoms with Gasteiger partial charge in [0.15, 0.2) is 10.4 Å². The Labute approximate surface area is 156 Å². The zero-order valence-corrected chi connectivity index (χ0v) is 15.7. The van der Waals surface area contributed by atoms with Crippen molar-refractivity contribution in [2.24, 2.45) is 5.92 Å². The lowest BCUT2D eigenvalue weighted by molar-refractivity contribution is 0.0995. The van der Waals surface area contributed by atoms with Gasteiger partial charge in [-0.2, -0.15) is 0 Å². The molecule has 4 rings (SSSR count). The van der Waals surface area contributed by atoms with Crippen molar-refractivity contribution < 1.29 is 9.21 Å². The molecular formula is C19H22BrN3O2. The number of hydrogen-bond acceptors (Lipinski definition) is 4. The molecule has 0 atom stereocenters. The van der Waals surface area contributed by atoms with Crippen molar-refractivity contribution in [3.05, 3.63) is 46.8 Å². The highest BCUT2D eigenvalue weighted by atomic mass is 79.9. The molecule has 1 aromatic carbocycles. The summed E-state index contributed by atoms with van der Waals surface area (Å²) in [5.74, 6) is 1.01. The number of anilines is 2. The Bertz CT molecular complexity index is 749. The Balaban J connectivity index is 1.37. The summed E-state index contributed by atoms with van der Waals surface area (Å²) in [4.78, 5) is 17.2. The maximum Gasteiger partial charge on any atom is 0.291 e. The van der Waals surface area contributed by atoms with Gasteiger partial charge in [-0.15, -0.1) is 0 Å². The SMILES string of the molecule is O=C(Nc1cccc(N2CCN(CC3CC3)CC2)c1)c1ccc(Br)o1. The van der Waals surface area contributed by atoms with E-state index in [0.717, 1.165) is 43.5 Å². The van der Waals surface area contributed by atoms with Gasteiger partial charge in [0.25, 0.3) is 5.91 Å². The van der Waals surface area contributed by atoms with Crippen LogP contribution < -0.4 is 10.2 Å². The molecule has 0 radical (unpaired) electrons. The van der Waals surface area contributed by atoms with E-state index in [0.29, 0.717) is 10.4 Å². The molecular weight excluding hydrogens is 382 g/mol. The van der Waals surface area contributed by atoms with Gasteiger partial charge in [0, 0.05) is 44.1 Å². The number of hydrogen-bond donors (Lipinski definition) is 1. The molecule has 5 nitrogen and oxygen atoms in total. The first-order valence-corrected chi connectivity index (χ1v) is 9.61. The Morgan fingerprint density at radius 3 is 2.64 bits per heavy atom. The number of nitrogens with one attached hydrogen (secondary N) is 1. The van der Waals surface area contributed by atoms with Gasteiger partial charge in [0.1, 0.15) is 0 Å². The molecule has 1 N–H and O–H groups in total. The average Bonchev–Trinajstić information content (AvgIpc) is 3.33. The minimum Gasteiger partial charge on any atom is -0.444 e. The van der Waals surface area contributed by atoms with E-state index >= 15 is 0 Å². The van der Waals surface area contributed by atoms with E-state index in [9.17, 15) is 4.79 Å². The molecule has 0 bridgehead atoms. The first-order chi connectivity index (χ1) is 12.2. The molecule has 132 valence electrons. The molecule has 1 saturated heterocycles. The molecule has 2 aromatic rings. The molecule has 1 aliphatic carbocycles. The third-order valence-corrected chi connectivity index (χ3v) is 5.28. The highest BCUT2D eigenvalue weighted by Crippen LogP contribution is 2.30. The van der Waals surface area contributed by atoms with Crippen LogP contribution in [0.15, 0.2) is 45.5 Å². The van der Waals surface area contributed by atoms with Crippen molar-refractivity contribution in [3.63, 3.8) is 0 Å². The maximum absolute atomic E-state index is 12.2. The first kappa shape index (κ1) is 16.7. The number of nitrogens with zero attached hydrogens (tertiary/aromatic N) is 2. The average molecular weight is 404 g/mol. The van der Waals surface area contributed by atoms with E-state index in [-0.39, 0.29) is 5.91 Å². The monoisotopic (exact) mass is 403 g/mol. The van der Waals surface area contributed by atoms with E-state index in [4.69, 9.17) is 4.42 Å². The van der Waals surface area contributed by atoms with E-state index < -0.39 is 0 Å². The predicted octanol–water partition coefficient (Wildman–Crippen LogP) is 3.83. The lowest BCUT2D eigenvalue weighted by Crippen LogP contribution is -2.47. The number of amides is 1. The Kier molecular flexibility index (Phi) is 4.81. The summed E-state index contributed by atoms with van der Waals surface area (Å²) < 4.78 is 5.85. The third kappa shape index (κ3) is 4.25. The number of piperazine rings is 1. The highest BCUT2D eigenvalue weighted by molar-refractivity contribution is 9.10. The van der Waals surface area contributed by atoms with Gasteiger partial charge in [-0.1, -0.05) is 6.07 Å². The maximum atomic E-state index is 12.2. The van der Waals surface area contributed by atoms with Gasteiger partial charge >= 0.3 is 0 Å². The van der Waals surface area contributed by atoms with Crippen molar-refractivity contribution in [2.45, 2.75) is 12.8 Å². The van der Waals surface area contributed by atoms with Gasteiger partial charge in [-0.3, -0.25) is 9.69 Å². The van der Waals surface area contributed by atoms with Crippen LogP contribution in [0.25, 0.3) is 0 Å². The first-order valence-electron chi connectivity index (χ1n) is 8.81. The lowest BCUT2D eigenvalue weighted by Gasteiger charge is -2.36. The number of furan rings is 1. The second-order valence-corrected chi connectivity index (χ2v) is 7.62. The van der Waals surface area contributed by atoms with E-state index in [1.165, 1.54) is 19.4 Å². The molecule has 6 heteroatoms. The smallest absolute Gasteiger partial charge is 0.291 e. The second-order valence-electron chi connectivity index (χ2n) is 6.84. The molecule has 0 unspecified atom stereocenters.